The Hall–Kier alpha value is -2.62. The Kier molecular flexibility index (Phi) is 6.28. The number of rotatable bonds is 6. The molecule has 0 aliphatic heterocycles. The number of halogens is 1. The van der Waals surface area contributed by atoms with E-state index in [1.165, 1.54) is 11.1 Å². The molecular weight excluding hydrogens is 396 g/mol. The third-order valence-electron chi connectivity index (χ3n) is 4.98. The summed E-state index contributed by atoms with van der Waals surface area (Å²) in [4.78, 5) is 5.93. The Morgan fingerprint density at radius 2 is 1.59 bits per heavy atom. The largest absolute Gasteiger partial charge is 0.316 e. The van der Waals surface area contributed by atoms with Crippen LogP contribution < -0.4 is 4.80 Å². The zero-order chi connectivity index (χ0) is 20.1. The van der Waals surface area contributed by atoms with Gasteiger partial charge in [0.15, 0.2) is 4.80 Å². The van der Waals surface area contributed by atoms with Crippen molar-refractivity contribution >= 4 is 28.6 Å². The van der Waals surface area contributed by atoms with Crippen LogP contribution in [0, 0.1) is 0 Å². The van der Waals surface area contributed by atoms with E-state index >= 15 is 0 Å². The fourth-order valence-corrected chi connectivity index (χ4v) is 4.50. The third kappa shape index (κ3) is 4.69. The Morgan fingerprint density at radius 3 is 2.31 bits per heavy atom. The van der Waals surface area contributed by atoms with Crippen molar-refractivity contribution in [3.63, 3.8) is 0 Å². The standard InChI is InChI=1S/C25H23ClN2S/c1-2-19-12-14-21(15-13-19)27-25-28(17-16-20-8-4-3-5-9-20)24(18-29-25)22-10-6-7-11-23(22)26/h3-15,18H,2,16-17H2,1H3. The van der Waals surface area contributed by atoms with E-state index in [0.29, 0.717) is 0 Å². The predicted molar refractivity (Wildman–Crippen MR) is 124 cm³/mol. The molecule has 0 radical (unpaired) electrons. The topological polar surface area (TPSA) is 17.3 Å². The highest BCUT2D eigenvalue weighted by Crippen LogP contribution is 2.28. The second-order valence-electron chi connectivity index (χ2n) is 6.90. The van der Waals surface area contributed by atoms with Gasteiger partial charge in [-0.05, 0) is 42.2 Å². The van der Waals surface area contributed by atoms with Crippen molar-refractivity contribution in [2.75, 3.05) is 0 Å². The SMILES string of the molecule is CCc1ccc(N=c2scc(-c3ccccc3Cl)n2CCc2ccccc2)cc1. The van der Waals surface area contributed by atoms with Crippen LogP contribution in [0.4, 0.5) is 5.69 Å². The average molecular weight is 419 g/mol. The van der Waals surface area contributed by atoms with E-state index in [1.807, 2.05) is 18.2 Å². The lowest BCUT2D eigenvalue weighted by atomic mass is 10.1. The third-order valence-corrected chi connectivity index (χ3v) is 6.18. The molecule has 3 aromatic carbocycles. The van der Waals surface area contributed by atoms with E-state index < -0.39 is 0 Å². The molecule has 0 spiro atoms. The van der Waals surface area contributed by atoms with Gasteiger partial charge in [-0.3, -0.25) is 0 Å². The molecule has 0 saturated heterocycles. The smallest absolute Gasteiger partial charge is 0.190 e. The molecule has 146 valence electrons. The molecule has 4 heteroatoms. The van der Waals surface area contributed by atoms with Gasteiger partial charge in [-0.2, -0.15) is 0 Å². The maximum atomic E-state index is 6.51. The van der Waals surface area contributed by atoms with Crippen molar-refractivity contribution in [3.8, 4) is 11.3 Å². The second-order valence-corrected chi connectivity index (χ2v) is 8.15. The van der Waals surface area contributed by atoms with Gasteiger partial charge >= 0.3 is 0 Å². The van der Waals surface area contributed by atoms with Crippen molar-refractivity contribution in [1.29, 1.82) is 0 Å². The molecule has 2 nitrogen and oxygen atoms in total. The molecule has 4 aromatic rings. The number of benzene rings is 3. The predicted octanol–water partition coefficient (Wildman–Crippen LogP) is 6.91. The lowest BCUT2D eigenvalue weighted by Crippen LogP contribution is -2.17. The fourth-order valence-electron chi connectivity index (χ4n) is 3.32. The summed E-state index contributed by atoms with van der Waals surface area (Å²) in [5.41, 5.74) is 5.77. The van der Waals surface area contributed by atoms with E-state index in [-0.39, 0.29) is 0 Å². The molecular formula is C25H23ClN2S. The summed E-state index contributed by atoms with van der Waals surface area (Å²) in [5, 5.41) is 2.92. The molecule has 0 saturated carbocycles. The molecule has 0 bridgehead atoms. The van der Waals surface area contributed by atoms with Crippen LogP contribution in [0.2, 0.25) is 5.02 Å². The van der Waals surface area contributed by atoms with Crippen molar-refractivity contribution in [1.82, 2.24) is 4.57 Å². The molecule has 0 atom stereocenters. The summed E-state index contributed by atoms with van der Waals surface area (Å²) < 4.78 is 2.28. The van der Waals surface area contributed by atoms with Gasteiger partial charge in [-0.1, -0.05) is 79.2 Å². The van der Waals surface area contributed by atoms with Gasteiger partial charge in [0.05, 0.1) is 11.4 Å². The normalized spacial score (nSPS) is 11.7. The molecule has 0 fully saturated rings. The van der Waals surface area contributed by atoms with Gasteiger partial charge in [0.2, 0.25) is 0 Å². The van der Waals surface area contributed by atoms with Crippen LogP contribution in [0.15, 0.2) is 89.2 Å². The van der Waals surface area contributed by atoms with Gasteiger partial charge in [0.1, 0.15) is 0 Å². The lowest BCUT2D eigenvalue weighted by molar-refractivity contribution is 0.684. The number of aryl methyl sites for hydroxylation is 2. The number of nitrogens with zero attached hydrogens (tertiary/aromatic N) is 2. The van der Waals surface area contributed by atoms with Crippen molar-refractivity contribution in [2.45, 2.75) is 26.3 Å². The van der Waals surface area contributed by atoms with Crippen LogP contribution in [0.1, 0.15) is 18.1 Å². The maximum Gasteiger partial charge on any atom is 0.190 e. The van der Waals surface area contributed by atoms with Gasteiger partial charge in [0, 0.05) is 22.5 Å². The monoisotopic (exact) mass is 418 g/mol. The molecule has 0 aliphatic rings. The zero-order valence-corrected chi connectivity index (χ0v) is 18.0. The molecule has 0 N–H and O–H groups in total. The maximum absolute atomic E-state index is 6.51. The minimum Gasteiger partial charge on any atom is -0.316 e. The average Bonchev–Trinajstić information content (AvgIpc) is 3.16. The molecule has 4 rings (SSSR count). The summed E-state index contributed by atoms with van der Waals surface area (Å²) in [6, 6.07) is 27.1. The molecule has 0 unspecified atom stereocenters. The highest BCUT2D eigenvalue weighted by atomic mass is 35.5. The van der Waals surface area contributed by atoms with Crippen LogP contribution in [0.3, 0.4) is 0 Å². The quantitative estimate of drug-likeness (QED) is 0.323. The first-order valence-corrected chi connectivity index (χ1v) is 11.1. The Bertz CT molecular complexity index is 1140. The van der Waals surface area contributed by atoms with Crippen LogP contribution in [0.5, 0.6) is 0 Å². The zero-order valence-electron chi connectivity index (χ0n) is 16.4. The molecule has 1 heterocycles. The molecule has 29 heavy (non-hydrogen) atoms. The highest BCUT2D eigenvalue weighted by Gasteiger charge is 2.11. The van der Waals surface area contributed by atoms with Gasteiger partial charge in [0.25, 0.3) is 0 Å². The minimum absolute atomic E-state index is 0.762. The number of aromatic nitrogens is 1. The highest BCUT2D eigenvalue weighted by molar-refractivity contribution is 7.07. The molecule has 0 amide bonds. The minimum atomic E-state index is 0.762. The number of hydrogen-bond donors (Lipinski definition) is 0. The number of thiazole rings is 1. The fraction of sp³-hybridized carbons (Fsp3) is 0.160. The van der Waals surface area contributed by atoms with E-state index in [2.05, 4.69) is 77.5 Å². The van der Waals surface area contributed by atoms with E-state index in [1.54, 1.807) is 11.3 Å². The first kappa shape index (κ1) is 19.7. The van der Waals surface area contributed by atoms with Gasteiger partial charge < -0.3 is 4.57 Å². The van der Waals surface area contributed by atoms with Crippen LogP contribution >= 0.6 is 22.9 Å². The Labute approximate surface area is 180 Å². The van der Waals surface area contributed by atoms with E-state index in [4.69, 9.17) is 16.6 Å². The lowest BCUT2D eigenvalue weighted by Gasteiger charge is -2.11. The van der Waals surface area contributed by atoms with Crippen LogP contribution in [0.25, 0.3) is 11.3 Å². The van der Waals surface area contributed by atoms with Crippen molar-refractivity contribution in [2.24, 2.45) is 4.99 Å². The van der Waals surface area contributed by atoms with Crippen LogP contribution in [-0.2, 0) is 19.4 Å². The first-order valence-electron chi connectivity index (χ1n) is 9.85. The Morgan fingerprint density at radius 1 is 0.862 bits per heavy atom. The van der Waals surface area contributed by atoms with E-state index in [0.717, 1.165) is 46.2 Å². The summed E-state index contributed by atoms with van der Waals surface area (Å²) in [5.74, 6) is 0. The summed E-state index contributed by atoms with van der Waals surface area (Å²) in [6.07, 6.45) is 1.98. The van der Waals surface area contributed by atoms with Gasteiger partial charge in [-0.15, -0.1) is 11.3 Å². The Balaban J connectivity index is 1.76. The summed E-state index contributed by atoms with van der Waals surface area (Å²) >= 11 is 8.17. The summed E-state index contributed by atoms with van der Waals surface area (Å²) in [7, 11) is 0. The summed E-state index contributed by atoms with van der Waals surface area (Å²) in [6.45, 7) is 3.01. The van der Waals surface area contributed by atoms with Crippen molar-refractivity contribution in [3.05, 3.63) is 105 Å². The number of hydrogen-bond acceptors (Lipinski definition) is 2. The van der Waals surface area contributed by atoms with Crippen LogP contribution in [-0.4, -0.2) is 4.57 Å². The molecule has 1 aromatic heterocycles. The van der Waals surface area contributed by atoms with Gasteiger partial charge in [-0.25, -0.2) is 4.99 Å². The van der Waals surface area contributed by atoms with Crippen molar-refractivity contribution < 1.29 is 0 Å². The first-order chi connectivity index (χ1) is 14.2. The molecule has 0 aliphatic carbocycles. The second kappa shape index (κ2) is 9.25. The van der Waals surface area contributed by atoms with E-state index in [9.17, 15) is 0 Å².